The Morgan fingerprint density at radius 3 is 2.52 bits per heavy atom. The maximum Gasteiger partial charge on any atom is 0.225 e. The molecular weight excluding hydrogens is 290 g/mol. The van der Waals surface area contributed by atoms with Crippen LogP contribution in [0.1, 0.15) is 34.6 Å². The van der Waals surface area contributed by atoms with Crippen molar-refractivity contribution in [2.45, 2.75) is 26.2 Å². The first-order valence-corrected chi connectivity index (χ1v) is 7.92. The van der Waals surface area contributed by atoms with Crippen molar-refractivity contribution >= 4 is 11.6 Å². The second kappa shape index (κ2) is 5.30. The van der Waals surface area contributed by atoms with E-state index < -0.39 is 0 Å². The number of benzene rings is 2. The van der Waals surface area contributed by atoms with Gasteiger partial charge in [-0.2, -0.15) is 0 Å². The van der Waals surface area contributed by atoms with Crippen molar-refractivity contribution in [2.24, 2.45) is 0 Å². The Balaban J connectivity index is 1.87. The minimum atomic E-state index is 0.0417. The van der Waals surface area contributed by atoms with E-state index in [1.807, 2.05) is 12.1 Å². The zero-order valence-corrected chi connectivity index (χ0v) is 13.3. The molecule has 4 heteroatoms. The fraction of sp³-hybridized carbons (Fsp3) is 0.316. The zero-order chi connectivity index (χ0) is 16.0. The highest BCUT2D eigenvalue weighted by molar-refractivity contribution is 5.96. The van der Waals surface area contributed by atoms with Gasteiger partial charge in [0, 0.05) is 24.1 Å². The Bertz CT molecular complexity index is 797. The van der Waals surface area contributed by atoms with Crippen molar-refractivity contribution in [1.82, 2.24) is 0 Å². The van der Waals surface area contributed by atoms with E-state index in [4.69, 9.17) is 9.47 Å². The van der Waals surface area contributed by atoms with Gasteiger partial charge < -0.3 is 14.8 Å². The Morgan fingerprint density at radius 2 is 1.74 bits per heavy atom. The predicted molar refractivity (Wildman–Crippen MR) is 88.4 cm³/mol. The van der Waals surface area contributed by atoms with Crippen LogP contribution in [0.3, 0.4) is 0 Å². The van der Waals surface area contributed by atoms with E-state index in [9.17, 15) is 4.79 Å². The van der Waals surface area contributed by atoms with Gasteiger partial charge in [0.1, 0.15) is 13.2 Å². The van der Waals surface area contributed by atoms with E-state index in [1.54, 1.807) is 0 Å². The van der Waals surface area contributed by atoms with Gasteiger partial charge in [0.2, 0.25) is 5.91 Å². The van der Waals surface area contributed by atoms with Crippen molar-refractivity contribution in [3.8, 4) is 11.5 Å². The van der Waals surface area contributed by atoms with Gasteiger partial charge in [0.15, 0.2) is 11.5 Å². The van der Waals surface area contributed by atoms with Gasteiger partial charge in [-0.1, -0.05) is 23.8 Å². The summed E-state index contributed by atoms with van der Waals surface area (Å²) in [7, 11) is 0. The summed E-state index contributed by atoms with van der Waals surface area (Å²) >= 11 is 0. The summed E-state index contributed by atoms with van der Waals surface area (Å²) in [6.07, 6.45) is 0.455. The number of carbonyl (C=O) groups is 1. The summed E-state index contributed by atoms with van der Waals surface area (Å²) < 4.78 is 11.3. The fourth-order valence-electron chi connectivity index (χ4n) is 3.41. The van der Waals surface area contributed by atoms with Gasteiger partial charge in [-0.15, -0.1) is 0 Å². The van der Waals surface area contributed by atoms with Crippen molar-refractivity contribution in [3.63, 3.8) is 0 Å². The number of nitrogens with one attached hydrogen (secondary N) is 1. The molecule has 0 fully saturated rings. The standard InChI is InChI=1S/C19H19NO3/c1-11-3-4-12(2)13(7-11)14-9-19(21)20-16-10-18-17(8-15(14)16)22-5-6-23-18/h3-4,7-8,10,14H,5-6,9H2,1-2H3,(H,20,21)/t14-/m1/s1. The molecular formula is C19H19NO3. The third-order valence-electron chi connectivity index (χ3n) is 4.56. The molecule has 2 aliphatic rings. The molecule has 1 N–H and O–H groups in total. The topological polar surface area (TPSA) is 47.6 Å². The maximum absolute atomic E-state index is 12.2. The Hall–Kier alpha value is -2.49. The number of rotatable bonds is 1. The number of hydrogen-bond acceptors (Lipinski definition) is 3. The number of anilines is 1. The molecule has 1 atom stereocenters. The molecule has 0 bridgehead atoms. The van der Waals surface area contributed by atoms with Crippen molar-refractivity contribution < 1.29 is 14.3 Å². The van der Waals surface area contributed by atoms with Crippen LogP contribution in [0.5, 0.6) is 11.5 Å². The zero-order valence-electron chi connectivity index (χ0n) is 13.3. The molecule has 4 rings (SSSR count). The molecule has 2 aromatic rings. The number of fused-ring (bicyclic) bond motifs is 2. The van der Waals surface area contributed by atoms with Gasteiger partial charge in [0.25, 0.3) is 0 Å². The summed E-state index contributed by atoms with van der Waals surface area (Å²) in [4.78, 5) is 12.2. The molecule has 1 amide bonds. The molecule has 0 saturated heterocycles. The molecule has 0 aromatic heterocycles. The van der Waals surface area contributed by atoms with Crippen LogP contribution in [-0.4, -0.2) is 19.1 Å². The van der Waals surface area contributed by atoms with Crippen LogP contribution in [0, 0.1) is 13.8 Å². The van der Waals surface area contributed by atoms with Crippen molar-refractivity contribution in [3.05, 3.63) is 52.6 Å². The van der Waals surface area contributed by atoms with Crippen LogP contribution < -0.4 is 14.8 Å². The number of aryl methyl sites for hydroxylation is 2. The molecule has 2 heterocycles. The lowest BCUT2D eigenvalue weighted by Crippen LogP contribution is -2.25. The quantitative estimate of drug-likeness (QED) is 0.876. The normalized spacial score (nSPS) is 19.0. The van der Waals surface area contributed by atoms with Gasteiger partial charge in [0.05, 0.1) is 0 Å². The van der Waals surface area contributed by atoms with E-state index >= 15 is 0 Å². The molecule has 0 radical (unpaired) electrons. The SMILES string of the molecule is Cc1ccc(C)c([C@H]2CC(=O)Nc3cc4c(cc32)OCCO4)c1. The van der Waals surface area contributed by atoms with E-state index in [0.29, 0.717) is 25.4 Å². The first-order chi connectivity index (χ1) is 11.1. The minimum absolute atomic E-state index is 0.0417. The largest absolute Gasteiger partial charge is 0.486 e. The van der Waals surface area contributed by atoms with Gasteiger partial charge in [-0.25, -0.2) is 0 Å². The van der Waals surface area contributed by atoms with Crippen LogP contribution in [0.15, 0.2) is 30.3 Å². The average molecular weight is 309 g/mol. The monoisotopic (exact) mass is 309 g/mol. The summed E-state index contributed by atoms with van der Waals surface area (Å²) in [6, 6.07) is 10.3. The number of amides is 1. The number of ether oxygens (including phenoxy) is 2. The predicted octanol–water partition coefficient (Wildman–Crippen LogP) is 3.55. The fourth-order valence-corrected chi connectivity index (χ4v) is 3.41. The molecule has 0 unspecified atom stereocenters. The summed E-state index contributed by atoms with van der Waals surface area (Å²) in [5.74, 6) is 1.56. The highest BCUT2D eigenvalue weighted by atomic mass is 16.6. The van der Waals surface area contributed by atoms with Crippen LogP contribution in [0.4, 0.5) is 5.69 Å². The highest BCUT2D eigenvalue weighted by Gasteiger charge is 2.30. The molecule has 0 aliphatic carbocycles. The molecule has 2 aromatic carbocycles. The van der Waals surface area contributed by atoms with Gasteiger partial charge >= 0.3 is 0 Å². The van der Waals surface area contributed by atoms with Crippen LogP contribution in [-0.2, 0) is 4.79 Å². The molecule has 118 valence electrons. The Morgan fingerprint density at radius 1 is 1.00 bits per heavy atom. The number of hydrogen-bond donors (Lipinski definition) is 1. The summed E-state index contributed by atoms with van der Waals surface area (Å²) in [5.41, 5.74) is 5.54. The molecule has 4 nitrogen and oxygen atoms in total. The summed E-state index contributed by atoms with van der Waals surface area (Å²) in [6.45, 7) is 5.28. The average Bonchev–Trinajstić information content (AvgIpc) is 2.54. The molecule has 0 saturated carbocycles. The molecule has 23 heavy (non-hydrogen) atoms. The maximum atomic E-state index is 12.2. The second-order valence-electron chi connectivity index (χ2n) is 6.25. The Kier molecular flexibility index (Phi) is 3.26. The third-order valence-corrected chi connectivity index (χ3v) is 4.56. The van der Waals surface area contributed by atoms with Crippen LogP contribution in [0.25, 0.3) is 0 Å². The number of carbonyl (C=O) groups excluding carboxylic acids is 1. The van der Waals surface area contributed by atoms with Crippen LogP contribution >= 0.6 is 0 Å². The summed E-state index contributed by atoms with van der Waals surface area (Å²) in [5, 5.41) is 2.97. The first kappa shape index (κ1) is 14.1. The van der Waals surface area contributed by atoms with E-state index in [2.05, 4.69) is 37.4 Å². The van der Waals surface area contributed by atoms with Crippen molar-refractivity contribution in [2.75, 3.05) is 18.5 Å². The Labute approximate surface area is 135 Å². The lowest BCUT2D eigenvalue weighted by atomic mass is 9.82. The third kappa shape index (κ3) is 2.44. The minimum Gasteiger partial charge on any atom is -0.486 e. The van der Waals surface area contributed by atoms with Gasteiger partial charge in [-0.05, 0) is 36.6 Å². The molecule has 2 aliphatic heterocycles. The van der Waals surface area contributed by atoms with E-state index in [1.165, 1.54) is 16.7 Å². The smallest absolute Gasteiger partial charge is 0.225 e. The van der Waals surface area contributed by atoms with Crippen molar-refractivity contribution in [1.29, 1.82) is 0 Å². The van der Waals surface area contributed by atoms with E-state index in [-0.39, 0.29) is 11.8 Å². The second-order valence-corrected chi connectivity index (χ2v) is 6.25. The lowest BCUT2D eigenvalue weighted by Gasteiger charge is -2.29. The molecule has 0 spiro atoms. The van der Waals surface area contributed by atoms with E-state index in [0.717, 1.165) is 17.0 Å². The lowest BCUT2D eigenvalue weighted by molar-refractivity contribution is -0.116. The highest BCUT2D eigenvalue weighted by Crippen LogP contribution is 2.44. The van der Waals surface area contributed by atoms with Gasteiger partial charge in [-0.3, -0.25) is 4.79 Å². The van der Waals surface area contributed by atoms with Crippen LogP contribution in [0.2, 0.25) is 0 Å². The first-order valence-electron chi connectivity index (χ1n) is 7.92.